The van der Waals surface area contributed by atoms with Gasteiger partial charge in [0.25, 0.3) is 0 Å². The Hall–Kier alpha value is -2.57. The molecule has 0 spiro atoms. The van der Waals surface area contributed by atoms with Gasteiger partial charge in [-0.1, -0.05) is 0 Å². The van der Waals surface area contributed by atoms with Crippen LogP contribution in [0.15, 0.2) is 18.2 Å². The third kappa shape index (κ3) is 3.55. The monoisotopic (exact) mass is 417 g/mol. The highest BCUT2D eigenvalue weighted by molar-refractivity contribution is 5.87. The molecule has 0 aliphatic carbocycles. The van der Waals surface area contributed by atoms with Crippen molar-refractivity contribution in [3.63, 3.8) is 0 Å². The Morgan fingerprint density at radius 2 is 2.03 bits per heavy atom. The first-order valence-corrected chi connectivity index (χ1v) is 10.3. The summed E-state index contributed by atoms with van der Waals surface area (Å²) in [4.78, 5) is 30.8. The van der Waals surface area contributed by atoms with Gasteiger partial charge in [-0.3, -0.25) is 14.5 Å². The molecule has 9 heteroatoms. The number of carbonyl (C=O) groups excluding carboxylic acids is 2. The van der Waals surface area contributed by atoms with E-state index >= 15 is 0 Å². The Morgan fingerprint density at radius 1 is 1.33 bits per heavy atom. The van der Waals surface area contributed by atoms with Gasteiger partial charge in [0.2, 0.25) is 11.8 Å². The predicted octanol–water partition coefficient (Wildman–Crippen LogP) is 1.15. The number of carbonyl (C=O) groups is 2. The van der Waals surface area contributed by atoms with Crippen molar-refractivity contribution in [2.75, 3.05) is 19.6 Å². The summed E-state index contributed by atoms with van der Waals surface area (Å²) in [5, 5.41) is 9.19. The molecule has 3 saturated heterocycles. The lowest BCUT2D eigenvalue weighted by atomic mass is 10.0. The van der Waals surface area contributed by atoms with E-state index in [1.165, 1.54) is 17.0 Å². The molecule has 0 radical (unpaired) electrons. The molecule has 4 rings (SSSR count). The van der Waals surface area contributed by atoms with Gasteiger partial charge in [-0.2, -0.15) is 5.26 Å². The molecule has 3 fully saturated rings. The van der Waals surface area contributed by atoms with E-state index in [9.17, 15) is 23.6 Å². The number of hydrogen-bond acceptors (Lipinski definition) is 5. The van der Waals surface area contributed by atoms with Crippen molar-refractivity contribution in [3.05, 3.63) is 35.4 Å². The minimum Gasteiger partial charge on any atom is -0.330 e. The van der Waals surface area contributed by atoms with Crippen LogP contribution in [0.4, 0.5) is 8.78 Å². The molecule has 5 atom stereocenters. The second-order valence-electron chi connectivity index (χ2n) is 8.41. The smallest absolute Gasteiger partial charge is 0.241 e. The SMILES string of the molecule is C[C@H](c1cc(F)cc(F)c1)N1C(=O)[C@H]2CC1CN2C[C@H](N)C(=O)N1CCC[C@H]1C#N. The van der Waals surface area contributed by atoms with Gasteiger partial charge in [-0.15, -0.1) is 0 Å². The molecule has 30 heavy (non-hydrogen) atoms. The summed E-state index contributed by atoms with van der Waals surface area (Å²) in [7, 11) is 0. The maximum absolute atomic E-state index is 13.6. The molecule has 1 aromatic carbocycles. The maximum atomic E-state index is 13.6. The van der Waals surface area contributed by atoms with E-state index in [1.54, 1.807) is 11.8 Å². The van der Waals surface area contributed by atoms with Crippen LogP contribution in [0.25, 0.3) is 0 Å². The lowest BCUT2D eigenvalue weighted by molar-refractivity contribution is -0.141. The fourth-order valence-corrected chi connectivity index (χ4v) is 5.08. The van der Waals surface area contributed by atoms with Crippen LogP contribution in [0.3, 0.4) is 0 Å². The van der Waals surface area contributed by atoms with Crippen LogP contribution < -0.4 is 5.73 Å². The van der Waals surface area contributed by atoms with Crippen LogP contribution in [0.2, 0.25) is 0 Å². The summed E-state index contributed by atoms with van der Waals surface area (Å²) in [6.07, 6.45) is 2.05. The van der Waals surface area contributed by atoms with E-state index in [0.29, 0.717) is 31.5 Å². The molecule has 0 saturated carbocycles. The van der Waals surface area contributed by atoms with Gasteiger partial charge in [0, 0.05) is 31.7 Å². The van der Waals surface area contributed by atoms with Crippen molar-refractivity contribution in [2.45, 2.75) is 56.4 Å². The maximum Gasteiger partial charge on any atom is 0.241 e. The van der Waals surface area contributed by atoms with E-state index in [2.05, 4.69) is 6.07 Å². The molecular formula is C21H25F2N5O2. The second kappa shape index (κ2) is 7.93. The van der Waals surface area contributed by atoms with Gasteiger partial charge < -0.3 is 15.5 Å². The zero-order valence-electron chi connectivity index (χ0n) is 16.8. The first-order valence-electron chi connectivity index (χ1n) is 10.3. The summed E-state index contributed by atoms with van der Waals surface area (Å²) in [6.45, 7) is 3.10. The first-order chi connectivity index (χ1) is 14.3. The Kier molecular flexibility index (Phi) is 5.47. The van der Waals surface area contributed by atoms with Crippen molar-refractivity contribution in [3.8, 4) is 6.07 Å². The molecule has 1 aromatic rings. The predicted molar refractivity (Wildman–Crippen MR) is 104 cm³/mol. The van der Waals surface area contributed by atoms with Crippen LogP contribution >= 0.6 is 0 Å². The number of rotatable bonds is 5. The van der Waals surface area contributed by atoms with Gasteiger partial charge in [0.15, 0.2) is 0 Å². The van der Waals surface area contributed by atoms with Gasteiger partial charge in [-0.05, 0) is 43.9 Å². The second-order valence-corrected chi connectivity index (χ2v) is 8.41. The van der Waals surface area contributed by atoms with E-state index in [4.69, 9.17) is 5.73 Å². The number of amides is 2. The summed E-state index contributed by atoms with van der Waals surface area (Å²) in [5.41, 5.74) is 6.56. The fourth-order valence-electron chi connectivity index (χ4n) is 5.08. The van der Waals surface area contributed by atoms with Gasteiger partial charge in [-0.25, -0.2) is 8.78 Å². The van der Waals surface area contributed by atoms with Crippen molar-refractivity contribution < 1.29 is 18.4 Å². The quantitative estimate of drug-likeness (QED) is 0.776. The van der Waals surface area contributed by atoms with Crippen LogP contribution in [-0.4, -0.2) is 70.3 Å². The summed E-state index contributed by atoms with van der Waals surface area (Å²) >= 11 is 0. The average Bonchev–Trinajstić information content (AvgIpc) is 3.40. The van der Waals surface area contributed by atoms with E-state index in [0.717, 1.165) is 12.5 Å². The number of nitrogens with two attached hydrogens (primary N) is 1. The minimum absolute atomic E-state index is 0.0928. The Balaban J connectivity index is 1.41. The third-order valence-electron chi connectivity index (χ3n) is 6.53. The number of nitrogens with zero attached hydrogens (tertiary/aromatic N) is 4. The first kappa shape index (κ1) is 20.7. The van der Waals surface area contributed by atoms with Crippen LogP contribution in [0.5, 0.6) is 0 Å². The molecule has 3 aliphatic heterocycles. The van der Waals surface area contributed by atoms with E-state index in [1.807, 2.05) is 4.90 Å². The van der Waals surface area contributed by atoms with Crippen molar-refractivity contribution >= 4 is 11.8 Å². The van der Waals surface area contributed by atoms with Crippen LogP contribution in [0.1, 0.15) is 37.8 Å². The third-order valence-corrected chi connectivity index (χ3v) is 6.53. The van der Waals surface area contributed by atoms with E-state index in [-0.39, 0.29) is 30.4 Å². The van der Waals surface area contributed by atoms with Crippen molar-refractivity contribution in [2.24, 2.45) is 5.73 Å². The van der Waals surface area contributed by atoms with Gasteiger partial charge in [0.1, 0.15) is 17.7 Å². The van der Waals surface area contributed by atoms with Crippen LogP contribution in [0, 0.1) is 23.0 Å². The van der Waals surface area contributed by atoms with Crippen LogP contribution in [-0.2, 0) is 9.59 Å². The zero-order valence-corrected chi connectivity index (χ0v) is 16.8. The minimum atomic E-state index is -0.797. The number of hydrogen-bond donors (Lipinski definition) is 1. The lowest BCUT2D eigenvalue weighted by Gasteiger charge is -2.38. The normalized spacial score (nSPS) is 28.1. The average molecular weight is 417 g/mol. The zero-order chi connectivity index (χ0) is 21.6. The largest absolute Gasteiger partial charge is 0.330 e. The number of benzene rings is 1. The molecule has 160 valence electrons. The Bertz CT molecular complexity index is 884. The molecule has 2 amide bonds. The summed E-state index contributed by atoms with van der Waals surface area (Å²) < 4.78 is 27.2. The molecule has 7 nitrogen and oxygen atoms in total. The number of nitriles is 1. The number of halogens is 2. The molecule has 2 N–H and O–H groups in total. The molecule has 1 unspecified atom stereocenters. The summed E-state index contributed by atoms with van der Waals surface area (Å²) in [6, 6.07) is 3.30. The van der Waals surface area contributed by atoms with Crippen molar-refractivity contribution in [1.82, 2.24) is 14.7 Å². The highest BCUT2D eigenvalue weighted by Crippen LogP contribution is 2.38. The highest BCUT2D eigenvalue weighted by atomic mass is 19.1. The molecule has 0 aromatic heterocycles. The molecule has 2 bridgehead atoms. The lowest BCUT2D eigenvalue weighted by Crippen LogP contribution is -2.56. The standard InChI is InChI=1S/C21H25F2N5O2/c1-12(13-5-14(22)7-15(23)6-13)28-17-8-19(21(28)30)26(10-17)11-18(25)20(29)27-4-2-3-16(27)9-24/h5-7,12,16-19H,2-4,8,10-11,25H2,1H3/t12-,16+,17?,18+,19-/m1/s1. The molecule has 3 aliphatic rings. The summed E-state index contributed by atoms with van der Waals surface area (Å²) in [5.74, 6) is -1.71. The molecular weight excluding hydrogens is 392 g/mol. The Labute approximate surface area is 174 Å². The fraction of sp³-hybridized carbons (Fsp3) is 0.571. The van der Waals surface area contributed by atoms with E-state index < -0.39 is 29.8 Å². The number of likely N-dealkylation sites (tertiary alicyclic amines) is 3. The topological polar surface area (TPSA) is 93.7 Å². The Morgan fingerprint density at radius 3 is 2.67 bits per heavy atom. The van der Waals surface area contributed by atoms with Gasteiger partial charge in [0.05, 0.1) is 24.2 Å². The number of fused-ring (bicyclic) bond motifs is 2. The highest BCUT2D eigenvalue weighted by Gasteiger charge is 2.51. The number of piperazine rings is 1. The molecule has 3 heterocycles. The van der Waals surface area contributed by atoms with Crippen molar-refractivity contribution in [1.29, 1.82) is 5.26 Å². The van der Waals surface area contributed by atoms with Gasteiger partial charge >= 0.3 is 0 Å².